The molecule has 1 aliphatic rings. The van der Waals surface area contributed by atoms with Gasteiger partial charge in [-0.2, -0.15) is 0 Å². The summed E-state index contributed by atoms with van der Waals surface area (Å²) in [5, 5.41) is 2.86. The lowest BCUT2D eigenvalue weighted by Gasteiger charge is -2.36. The lowest BCUT2D eigenvalue weighted by atomic mass is 9.88. The first-order valence-electron chi connectivity index (χ1n) is 4.54. The third-order valence-electron chi connectivity index (χ3n) is 2.16. The third kappa shape index (κ3) is 2.56. The van der Waals surface area contributed by atoms with Crippen LogP contribution in [0.5, 0.6) is 0 Å². The van der Waals surface area contributed by atoms with Crippen molar-refractivity contribution in [3.63, 3.8) is 0 Å². The summed E-state index contributed by atoms with van der Waals surface area (Å²) in [6.45, 7) is 7.67. The highest BCUT2D eigenvalue weighted by atomic mass is 16.5. The first-order valence-corrected chi connectivity index (χ1v) is 4.54. The molecule has 3 heteroatoms. The second-order valence-electron chi connectivity index (χ2n) is 4.04. The highest BCUT2D eigenvalue weighted by molar-refractivity contribution is 5.83. The number of hydrogen-bond acceptors (Lipinski definition) is 2. The minimum Gasteiger partial charge on any atom is -0.379 e. The molecule has 1 amide bonds. The first-order chi connectivity index (χ1) is 6.04. The van der Waals surface area contributed by atoms with E-state index in [1.807, 2.05) is 26.8 Å². The molecule has 0 bridgehead atoms. The third-order valence-corrected chi connectivity index (χ3v) is 2.16. The highest BCUT2D eigenvalue weighted by Crippen LogP contribution is 2.26. The fraction of sp³-hybridized carbons (Fsp3) is 0.700. The fourth-order valence-electron chi connectivity index (χ4n) is 1.10. The minimum absolute atomic E-state index is 0.0938. The molecule has 1 saturated heterocycles. The van der Waals surface area contributed by atoms with E-state index >= 15 is 0 Å². The van der Waals surface area contributed by atoms with E-state index in [9.17, 15) is 4.79 Å². The molecule has 74 valence electrons. The van der Waals surface area contributed by atoms with Crippen molar-refractivity contribution in [1.29, 1.82) is 0 Å². The quantitative estimate of drug-likeness (QED) is 0.665. The number of nitrogens with one attached hydrogen (secondary N) is 1. The van der Waals surface area contributed by atoms with Crippen LogP contribution in [-0.4, -0.2) is 25.7 Å². The minimum atomic E-state index is -0.282. The number of carbonyl (C=O) groups is 1. The van der Waals surface area contributed by atoms with Crippen molar-refractivity contribution in [3.8, 4) is 0 Å². The summed E-state index contributed by atoms with van der Waals surface area (Å²) >= 11 is 0. The van der Waals surface area contributed by atoms with E-state index in [1.165, 1.54) is 5.57 Å². The van der Waals surface area contributed by atoms with Gasteiger partial charge in [0.15, 0.2) is 0 Å². The number of ether oxygens (including phenoxy) is 1. The van der Waals surface area contributed by atoms with E-state index in [4.69, 9.17) is 4.74 Å². The highest BCUT2D eigenvalue weighted by Gasteiger charge is 2.40. The first kappa shape index (κ1) is 10.3. The lowest BCUT2D eigenvalue weighted by Crippen LogP contribution is -2.51. The summed E-state index contributed by atoms with van der Waals surface area (Å²) in [7, 11) is 0. The summed E-state index contributed by atoms with van der Waals surface area (Å²) in [5.41, 5.74) is 0.936. The number of rotatable bonds is 3. The summed E-state index contributed by atoms with van der Waals surface area (Å²) in [6.07, 6.45) is 2.00. The van der Waals surface area contributed by atoms with Crippen LogP contribution in [0.3, 0.4) is 0 Å². The molecule has 1 heterocycles. The lowest BCUT2D eigenvalue weighted by molar-refractivity contribution is -0.157. The Hall–Kier alpha value is -0.830. The normalized spacial score (nSPS) is 18.7. The van der Waals surface area contributed by atoms with Gasteiger partial charge in [0, 0.05) is 6.54 Å². The molecule has 0 atom stereocenters. The van der Waals surface area contributed by atoms with Gasteiger partial charge in [-0.3, -0.25) is 4.79 Å². The van der Waals surface area contributed by atoms with Crippen LogP contribution in [0.2, 0.25) is 0 Å². The van der Waals surface area contributed by atoms with Gasteiger partial charge < -0.3 is 10.1 Å². The van der Waals surface area contributed by atoms with E-state index < -0.39 is 0 Å². The van der Waals surface area contributed by atoms with E-state index in [0.717, 1.165) is 0 Å². The van der Waals surface area contributed by atoms with Crippen molar-refractivity contribution < 1.29 is 9.53 Å². The second-order valence-corrected chi connectivity index (χ2v) is 4.04. The van der Waals surface area contributed by atoms with Crippen LogP contribution >= 0.6 is 0 Å². The van der Waals surface area contributed by atoms with Gasteiger partial charge in [0.05, 0.1) is 18.6 Å². The van der Waals surface area contributed by atoms with Gasteiger partial charge in [-0.15, -0.1) is 0 Å². The van der Waals surface area contributed by atoms with Crippen molar-refractivity contribution in [2.45, 2.75) is 20.8 Å². The van der Waals surface area contributed by atoms with Crippen LogP contribution in [-0.2, 0) is 9.53 Å². The van der Waals surface area contributed by atoms with Crippen molar-refractivity contribution in [1.82, 2.24) is 5.32 Å². The Kier molecular flexibility index (Phi) is 3.09. The summed E-state index contributed by atoms with van der Waals surface area (Å²) in [4.78, 5) is 11.5. The molecule has 3 nitrogen and oxygen atoms in total. The van der Waals surface area contributed by atoms with E-state index in [2.05, 4.69) is 5.32 Å². The smallest absolute Gasteiger partial charge is 0.230 e. The van der Waals surface area contributed by atoms with Crippen LogP contribution in [0.1, 0.15) is 20.8 Å². The Bertz CT molecular complexity index is 225. The molecule has 0 aromatic carbocycles. The van der Waals surface area contributed by atoms with E-state index in [1.54, 1.807) is 0 Å². The number of amides is 1. The molecule has 0 radical (unpaired) electrons. The SMILES string of the molecule is CC(C)=CCNC(=O)C1(C)COC1. The Morgan fingerprint density at radius 1 is 1.54 bits per heavy atom. The van der Waals surface area contributed by atoms with E-state index in [0.29, 0.717) is 19.8 Å². The Labute approximate surface area is 79.2 Å². The number of hydrogen-bond donors (Lipinski definition) is 1. The van der Waals surface area contributed by atoms with Crippen LogP contribution in [0.15, 0.2) is 11.6 Å². The predicted octanol–water partition coefficient (Wildman–Crippen LogP) is 1.11. The molecule has 0 unspecified atom stereocenters. The predicted molar refractivity (Wildman–Crippen MR) is 51.4 cm³/mol. The molecule has 1 rings (SSSR count). The summed E-state index contributed by atoms with van der Waals surface area (Å²) in [5.74, 6) is 0.0938. The maximum absolute atomic E-state index is 11.5. The van der Waals surface area contributed by atoms with Crippen molar-refractivity contribution >= 4 is 5.91 Å². The molecular formula is C10H17NO2. The van der Waals surface area contributed by atoms with Crippen LogP contribution in [0.25, 0.3) is 0 Å². The average Bonchev–Trinajstić information content (AvgIpc) is 1.99. The number of allylic oxidation sites excluding steroid dienone is 1. The van der Waals surface area contributed by atoms with Crippen LogP contribution < -0.4 is 5.32 Å². The zero-order valence-electron chi connectivity index (χ0n) is 8.52. The molecule has 0 saturated carbocycles. The molecule has 0 aliphatic carbocycles. The summed E-state index contributed by atoms with van der Waals surface area (Å²) in [6, 6.07) is 0. The molecule has 0 aromatic rings. The molecule has 1 fully saturated rings. The molecule has 0 spiro atoms. The van der Waals surface area contributed by atoms with Crippen molar-refractivity contribution in [3.05, 3.63) is 11.6 Å². The van der Waals surface area contributed by atoms with Gasteiger partial charge in [-0.1, -0.05) is 11.6 Å². The van der Waals surface area contributed by atoms with Gasteiger partial charge in [0.25, 0.3) is 0 Å². The average molecular weight is 183 g/mol. The largest absolute Gasteiger partial charge is 0.379 e. The second kappa shape index (κ2) is 3.92. The van der Waals surface area contributed by atoms with Gasteiger partial charge in [-0.05, 0) is 20.8 Å². The Morgan fingerprint density at radius 2 is 2.15 bits per heavy atom. The van der Waals surface area contributed by atoms with Gasteiger partial charge >= 0.3 is 0 Å². The molecule has 1 N–H and O–H groups in total. The molecule has 0 aromatic heterocycles. The number of carbonyl (C=O) groups excluding carboxylic acids is 1. The maximum Gasteiger partial charge on any atom is 0.230 e. The van der Waals surface area contributed by atoms with Crippen LogP contribution in [0.4, 0.5) is 0 Å². The zero-order chi connectivity index (χ0) is 9.90. The fourth-order valence-corrected chi connectivity index (χ4v) is 1.10. The van der Waals surface area contributed by atoms with Crippen LogP contribution in [0, 0.1) is 5.41 Å². The van der Waals surface area contributed by atoms with Gasteiger partial charge in [0.2, 0.25) is 5.91 Å². The van der Waals surface area contributed by atoms with Crippen molar-refractivity contribution in [2.24, 2.45) is 5.41 Å². The molecular weight excluding hydrogens is 166 g/mol. The van der Waals surface area contributed by atoms with Gasteiger partial charge in [-0.25, -0.2) is 0 Å². The van der Waals surface area contributed by atoms with E-state index in [-0.39, 0.29) is 11.3 Å². The Balaban J connectivity index is 2.29. The maximum atomic E-state index is 11.5. The summed E-state index contributed by atoms with van der Waals surface area (Å²) < 4.78 is 5.01. The molecule has 13 heavy (non-hydrogen) atoms. The molecule has 1 aliphatic heterocycles. The standard InChI is InChI=1S/C10H17NO2/c1-8(2)4-5-11-9(12)10(3)6-13-7-10/h4H,5-7H2,1-3H3,(H,11,12). The van der Waals surface area contributed by atoms with Crippen molar-refractivity contribution in [2.75, 3.05) is 19.8 Å². The Morgan fingerprint density at radius 3 is 2.54 bits per heavy atom. The van der Waals surface area contributed by atoms with Gasteiger partial charge in [0.1, 0.15) is 0 Å². The topological polar surface area (TPSA) is 38.3 Å². The zero-order valence-corrected chi connectivity index (χ0v) is 8.52. The monoisotopic (exact) mass is 183 g/mol.